The van der Waals surface area contributed by atoms with Crippen molar-refractivity contribution in [3.63, 3.8) is 0 Å². The molecule has 164 valence electrons. The molecule has 1 unspecified atom stereocenters. The first-order chi connectivity index (χ1) is 14.3. The van der Waals surface area contributed by atoms with Gasteiger partial charge in [0.05, 0.1) is 26.4 Å². The third-order valence-corrected chi connectivity index (χ3v) is 5.06. The van der Waals surface area contributed by atoms with E-state index in [1.165, 1.54) is 5.56 Å². The summed E-state index contributed by atoms with van der Waals surface area (Å²) in [6, 6.07) is 8.42. The van der Waals surface area contributed by atoms with E-state index in [0.717, 1.165) is 76.8 Å². The zero-order valence-electron chi connectivity index (χ0n) is 18.5. The highest BCUT2D eigenvalue weighted by Crippen LogP contribution is 2.17. The zero-order chi connectivity index (χ0) is 20.7. The van der Waals surface area contributed by atoms with Crippen LogP contribution in [-0.2, 0) is 15.9 Å². The van der Waals surface area contributed by atoms with E-state index in [2.05, 4.69) is 48.3 Å². The molecule has 1 N–H and O–H groups in total. The normalized spacial score (nSPS) is 17.0. The van der Waals surface area contributed by atoms with Gasteiger partial charge < -0.3 is 24.4 Å². The average Bonchev–Trinajstić information content (AvgIpc) is 3.21. The summed E-state index contributed by atoms with van der Waals surface area (Å²) in [6.07, 6.45) is 4.33. The molecule has 0 saturated carbocycles. The van der Waals surface area contributed by atoms with Gasteiger partial charge in [-0.3, -0.25) is 4.99 Å². The summed E-state index contributed by atoms with van der Waals surface area (Å²) < 4.78 is 16.5. The molecule has 1 aromatic carbocycles. The molecule has 1 fully saturated rings. The van der Waals surface area contributed by atoms with Crippen molar-refractivity contribution in [2.24, 2.45) is 10.9 Å². The van der Waals surface area contributed by atoms with E-state index in [-0.39, 0.29) is 0 Å². The van der Waals surface area contributed by atoms with Crippen molar-refractivity contribution in [1.29, 1.82) is 0 Å². The molecule has 0 aliphatic carbocycles. The van der Waals surface area contributed by atoms with Crippen LogP contribution in [0.15, 0.2) is 29.3 Å². The fourth-order valence-electron chi connectivity index (χ4n) is 3.36. The summed E-state index contributed by atoms with van der Waals surface area (Å²) in [5, 5.41) is 3.44. The number of guanidine groups is 1. The van der Waals surface area contributed by atoms with E-state index in [4.69, 9.17) is 19.2 Å². The number of likely N-dealkylation sites (tertiary alicyclic amines) is 1. The van der Waals surface area contributed by atoms with E-state index in [1.54, 1.807) is 7.11 Å². The number of nitrogens with zero attached hydrogens (tertiary/aromatic N) is 2. The van der Waals surface area contributed by atoms with Crippen LogP contribution in [0.5, 0.6) is 5.75 Å². The number of hydrogen-bond acceptors (Lipinski definition) is 4. The highest BCUT2D eigenvalue weighted by Gasteiger charge is 2.24. The van der Waals surface area contributed by atoms with Gasteiger partial charge in [-0.2, -0.15) is 0 Å². The molecule has 1 aliphatic rings. The molecule has 0 radical (unpaired) electrons. The number of hydrogen-bond donors (Lipinski definition) is 1. The second kappa shape index (κ2) is 14.2. The van der Waals surface area contributed by atoms with Crippen molar-refractivity contribution >= 4 is 5.96 Å². The molecule has 0 spiro atoms. The van der Waals surface area contributed by atoms with E-state index >= 15 is 0 Å². The number of rotatable bonds is 13. The van der Waals surface area contributed by atoms with Crippen LogP contribution in [0, 0.1) is 5.92 Å². The Morgan fingerprint density at radius 2 is 2.00 bits per heavy atom. The van der Waals surface area contributed by atoms with Gasteiger partial charge in [-0.25, -0.2) is 0 Å². The van der Waals surface area contributed by atoms with Crippen LogP contribution in [0.4, 0.5) is 0 Å². The molecule has 0 aromatic heterocycles. The second-order valence-electron chi connectivity index (χ2n) is 7.50. The standard InChI is InChI=1S/C23H39N3O3/c1-4-6-15-29-22-9-7-20(8-10-22)11-13-25-23(24-5-2)26-14-12-21(18-26)19-28-17-16-27-3/h7-10,21H,4-6,11-19H2,1-3H3,(H,24,25). The fraction of sp³-hybridized carbons (Fsp3) is 0.696. The zero-order valence-corrected chi connectivity index (χ0v) is 18.5. The van der Waals surface area contributed by atoms with Gasteiger partial charge in [-0.05, 0) is 43.9 Å². The van der Waals surface area contributed by atoms with Gasteiger partial charge in [0, 0.05) is 39.2 Å². The van der Waals surface area contributed by atoms with E-state index in [9.17, 15) is 0 Å². The van der Waals surface area contributed by atoms with Gasteiger partial charge in [0.1, 0.15) is 5.75 Å². The third-order valence-electron chi connectivity index (χ3n) is 5.06. The molecule has 1 atom stereocenters. The SMILES string of the molecule is CCCCOc1ccc(CCN=C(NCC)N2CCC(COCCOC)C2)cc1. The fourth-order valence-corrected chi connectivity index (χ4v) is 3.36. The first-order valence-corrected chi connectivity index (χ1v) is 11.1. The summed E-state index contributed by atoms with van der Waals surface area (Å²) in [4.78, 5) is 7.22. The number of ether oxygens (including phenoxy) is 3. The van der Waals surface area contributed by atoms with Crippen molar-refractivity contribution in [1.82, 2.24) is 10.2 Å². The quantitative estimate of drug-likeness (QED) is 0.310. The molecule has 2 rings (SSSR count). The number of aliphatic imine (C=N–C) groups is 1. The van der Waals surface area contributed by atoms with Crippen molar-refractivity contribution < 1.29 is 14.2 Å². The molecular formula is C23H39N3O3. The predicted octanol–water partition coefficient (Wildman–Crippen LogP) is 3.36. The first kappa shape index (κ1) is 23.5. The molecule has 1 heterocycles. The smallest absolute Gasteiger partial charge is 0.193 e. The predicted molar refractivity (Wildman–Crippen MR) is 119 cm³/mol. The lowest BCUT2D eigenvalue weighted by Gasteiger charge is -2.21. The lowest BCUT2D eigenvalue weighted by atomic mass is 10.1. The number of methoxy groups -OCH3 is 1. The lowest BCUT2D eigenvalue weighted by molar-refractivity contribution is 0.0536. The lowest BCUT2D eigenvalue weighted by Crippen LogP contribution is -2.40. The number of benzene rings is 1. The Morgan fingerprint density at radius 3 is 2.72 bits per heavy atom. The summed E-state index contributed by atoms with van der Waals surface area (Å²) in [5.41, 5.74) is 1.29. The van der Waals surface area contributed by atoms with Crippen LogP contribution < -0.4 is 10.1 Å². The Balaban J connectivity index is 1.77. The Kier molecular flexibility index (Phi) is 11.5. The number of nitrogens with one attached hydrogen (secondary N) is 1. The van der Waals surface area contributed by atoms with Gasteiger partial charge in [0.2, 0.25) is 0 Å². The Hall–Kier alpha value is -1.79. The topological polar surface area (TPSA) is 55.3 Å². The molecule has 1 aromatic rings. The maximum Gasteiger partial charge on any atom is 0.193 e. The highest BCUT2D eigenvalue weighted by atomic mass is 16.5. The molecule has 6 nitrogen and oxygen atoms in total. The highest BCUT2D eigenvalue weighted by molar-refractivity contribution is 5.80. The average molecular weight is 406 g/mol. The molecule has 6 heteroatoms. The van der Waals surface area contributed by atoms with Gasteiger partial charge in [-0.1, -0.05) is 25.5 Å². The minimum atomic E-state index is 0.566. The monoisotopic (exact) mass is 405 g/mol. The van der Waals surface area contributed by atoms with Gasteiger partial charge >= 0.3 is 0 Å². The summed E-state index contributed by atoms with van der Waals surface area (Å²) >= 11 is 0. The third kappa shape index (κ3) is 9.05. The first-order valence-electron chi connectivity index (χ1n) is 11.1. The largest absolute Gasteiger partial charge is 0.494 e. The molecule has 0 amide bonds. The molecule has 29 heavy (non-hydrogen) atoms. The molecule has 1 saturated heterocycles. The maximum atomic E-state index is 5.73. The Labute approximate surface area is 176 Å². The van der Waals surface area contributed by atoms with Crippen LogP contribution in [0.25, 0.3) is 0 Å². The van der Waals surface area contributed by atoms with Crippen LogP contribution >= 0.6 is 0 Å². The molecular weight excluding hydrogens is 366 g/mol. The van der Waals surface area contributed by atoms with Gasteiger partial charge in [0.15, 0.2) is 5.96 Å². The van der Waals surface area contributed by atoms with Crippen molar-refractivity contribution in [2.45, 2.75) is 39.5 Å². The van der Waals surface area contributed by atoms with Gasteiger partial charge in [0.25, 0.3) is 0 Å². The summed E-state index contributed by atoms with van der Waals surface area (Å²) in [5.74, 6) is 2.54. The van der Waals surface area contributed by atoms with Gasteiger partial charge in [-0.15, -0.1) is 0 Å². The van der Waals surface area contributed by atoms with Crippen molar-refractivity contribution in [3.05, 3.63) is 29.8 Å². The van der Waals surface area contributed by atoms with Crippen LogP contribution in [-0.4, -0.2) is 70.6 Å². The van der Waals surface area contributed by atoms with Crippen LogP contribution in [0.3, 0.4) is 0 Å². The van der Waals surface area contributed by atoms with E-state index in [0.29, 0.717) is 19.1 Å². The van der Waals surface area contributed by atoms with Crippen molar-refractivity contribution in [3.8, 4) is 5.75 Å². The van der Waals surface area contributed by atoms with Crippen LogP contribution in [0.2, 0.25) is 0 Å². The maximum absolute atomic E-state index is 5.73. The number of unbranched alkanes of at least 4 members (excludes halogenated alkanes) is 1. The second-order valence-corrected chi connectivity index (χ2v) is 7.50. The summed E-state index contributed by atoms with van der Waals surface area (Å²) in [6.45, 7) is 10.9. The van der Waals surface area contributed by atoms with Crippen LogP contribution in [0.1, 0.15) is 38.7 Å². The summed E-state index contributed by atoms with van der Waals surface area (Å²) in [7, 11) is 1.70. The molecule has 1 aliphatic heterocycles. The minimum Gasteiger partial charge on any atom is -0.494 e. The minimum absolute atomic E-state index is 0.566. The Morgan fingerprint density at radius 1 is 1.17 bits per heavy atom. The Bertz CT molecular complexity index is 577. The van der Waals surface area contributed by atoms with E-state index in [1.807, 2.05) is 0 Å². The molecule has 0 bridgehead atoms. The van der Waals surface area contributed by atoms with Crippen molar-refractivity contribution in [2.75, 3.05) is 59.7 Å². The van der Waals surface area contributed by atoms with E-state index < -0.39 is 0 Å².